The fourth-order valence-electron chi connectivity index (χ4n) is 2.35. The van der Waals surface area contributed by atoms with Crippen molar-refractivity contribution in [2.75, 3.05) is 31.6 Å². The third-order valence-corrected chi connectivity index (χ3v) is 3.59. The molecule has 0 aliphatic carbocycles. The summed E-state index contributed by atoms with van der Waals surface area (Å²) in [7, 11) is 1.49. The molecule has 1 saturated heterocycles. The highest BCUT2D eigenvalue weighted by Crippen LogP contribution is 2.17. The maximum Gasteiger partial charge on any atom is 0.321 e. The highest BCUT2D eigenvalue weighted by molar-refractivity contribution is 5.84. The van der Waals surface area contributed by atoms with E-state index in [1.54, 1.807) is 0 Å². The zero-order valence-corrected chi connectivity index (χ0v) is 14.2. The van der Waals surface area contributed by atoms with Gasteiger partial charge in [0.05, 0.1) is 20.2 Å². The van der Waals surface area contributed by atoms with Crippen molar-refractivity contribution < 1.29 is 14.3 Å². The average molecular weight is 336 g/mol. The van der Waals surface area contributed by atoms with Gasteiger partial charge in [-0.2, -0.15) is 15.0 Å². The Morgan fingerprint density at radius 3 is 2.54 bits per heavy atom. The Labute approximate surface area is 141 Å². The fraction of sp³-hybridized carbons (Fsp3) is 0.667. The number of carbonyl (C=O) groups excluding carboxylic acids is 2. The van der Waals surface area contributed by atoms with Crippen LogP contribution in [0.4, 0.5) is 5.95 Å². The number of ether oxygens (including phenoxy) is 1. The van der Waals surface area contributed by atoms with Crippen molar-refractivity contribution in [3.8, 4) is 6.01 Å². The molecule has 2 rings (SSSR count). The van der Waals surface area contributed by atoms with Gasteiger partial charge in [0, 0.05) is 19.5 Å². The molecule has 0 bridgehead atoms. The van der Waals surface area contributed by atoms with Gasteiger partial charge < -0.3 is 20.3 Å². The van der Waals surface area contributed by atoms with Gasteiger partial charge in [0.1, 0.15) is 0 Å². The van der Waals surface area contributed by atoms with E-state index in [0.29, 0.717) is 18.2 Å². The van der Waals surface area contributed by atoms with Crippen LogP contribution in [-0.2, 0) is 16.1 Å². The first-order valence-electron chi connectivity index (χ1n) is 8.19. The molecule has 0 atom stereocenters. The highest BCUT2D eigenvalue weighted by Gasteiger charge is 2.18. The van der Waals surface area contributed by atoms with Crippen molar-refractivity contribution in [2.45, 2.75) is 39.2 Å². The van der Waals surface area contributed by atoms with Crippen LogP contribution in [0.1, 0.15) is 38.4 Å². The molecule has 1 aliphatic rings. The summed E-state index contributed by atoms with van der Waals surface area (Å²) >= 11 is 0. The number of hydrogen-bond donors (Lipinski definition) is 2. The first-order chi connectivity index (χ1) is 11.6. The number of aromatic nitrogens is 3. The number of amides is 2. The van der Waals surface area contributed by atoms with Crippen LogP contribution in [0.15, 0.2) is 0 Å². The summed E-state index contributed by atoms with van der Waals surface area (Å²) in [6.07, 6.45) is 3.38. The molecule has 132 valence electrons. The molecule has 2 amide bonds. The van der Waals surface area contributed by atoms with Crippen LogP contribution >= 0.6 is 0 Å². The highest BCUT2D eigenvalue weighted by atomic mass is 16.5. The summed E-state index contributed by atoms with van der Waals surface area (Å²) in [5.41, 5.74) is 0. The third-order valence-electron chi connectivity index (χ3n) is 3.59. The monoisotopic (exact) mass is 336 g/mol. The van der Waals surface area contributed by atoms with E-state index in [2.05, 4.69) is 30.5 Å². The Balaban J connectivity index is 1.90. The smallest absolute Gasteiger partial charge is 0.321 e. The average Bonchev–Trinajstić information content (AvgIpc) is 3.12. The van der Waals surface area contributed by atoms with Gasteiger partial charge in [0.25, 0.3) is 0 Å². The van der Waals surface area contributed by atoms with Crippen LogP contribution in [0.3, 0.4) is 0 Å². The summed E-state index contributed by atoms with van der Waals surface area (Å²) in [5.74, 6) is 0.573. The lowest BCUT2D eigenvalue weighted by Gasteiger charge is -2.16. The molecule has 1 aromatic rings. The van der Waals surface area contributed by atoms with Gasteiger partial charge in [-0.3, -0.25) is 9.59 Å². The summed E-state index contributed by atoms with van der Waals surface area (Å²) in [6.45, 7) is 3.82. The van der Waals surface area contributed by atoms with E-state index in [4.69, 9.17) is 4.74 Å². The first kappa shape index (κ1) is 17.9. The van der Waals surface area contributed by atoms with Crippen molar-refractivity contribution in [2.24, 2.45) is 0 Å². The molecule has 0 spiro atoms. The van der Waals surface area contributed by atoms with Crippen LogP contribution in [0, 0.1) is 0 Å². The quantitative estimate of drug-likeness (QED) is 0.688. The second kappa shape index (κ2) is 8.99. The van der Waals surface area contributed by atoms with E-state index in [1.165, 1.54) is 7.11 Å². The molecule has 2 heterocycles. The van der Waals surface area contributed by atoms with E-state index in [0.717, 1.165) is 32.4 Å². The topological polar surface area (TPSA) is 109 Å². The molecule has 0 aromatic carbocycles. The number of nitrogens with zero attached hydrogens (tertiary/aromatic N) is 4. The SMILES string of the molecule is CCCC(=O)NCC(=O)NCc1nc(OC)nc(N2CCCC2)n1. The van der Waals surface area contributed by atoms with Gasteiger partial charge in [0.2, 0.25) is 17.8 Å². The summed E-state index contributed by atoms with van der Waals surface area (Å²) in [4.78, 5) is 38.0. The molecule has 1 aromatic heterocycles. The second-order valence-corrected chi connectivity index (χ2v) is 5.54. The van der Waals surface area contributed by atoms with Crippen LogP contribution in [-0.4, -0.2) is 53.5 Å². The Morgan fingerprint density at radius 2 is 1.88 bits per heavy atom. The maximum absolute atomic E-state index is 11.8. The first-order valence-corrected chi connectivity index (χ1v) is 8.19. The predicted octanol–water partition coefficient (Wildman–Crippen LogP) is 0.0129. The number of anilines is 1. The fourth-order valence-corrected chi connectivity index (χ4v) is 2.35. The van der Waals surface area contributed by atoms with Crippen molar-refractivity contribution in [3.63, 3.8) is 0 Å². The molecule has 1 aliphatic heterocycles. The molecule has 24 heavy (non-hydrogen) atoms. The minimum atomic E-state index is -0.290. The van der Waals surface area contributed by atoms with Crippen molar-refractivity contribution in [1.29, 1.82) is 0 Å². The molecule has 9 nitrogen and oxygen atoms in total. The Bertz CT molecular complexity index is 574. The van der Waals surface area contributed by atoms with E-state index in [9.17, 15) is 9.59 Å². The van der Waals surface area contributed by atoms with Crippen LogP contribution < -0.4 is 20.3 Å². The van der Waals surface area contributed by atoms with Crippen molar-refractivity contribution in [3.05, 3.63) is 5.82 Å². The number of methoxy groups -OCH3 is 1. The summed E-state index contributed by atoms with van der Waals surface area (Å²) in [5, 5.41) is 5.25. The third kappa shape index (κ3) is 5.32. The lowest BCUT2D eigenvalue weighted by Crippen LogP contribution is -2.36. The second-order valence-electron chi connectivity index (χ2n) is 5.54. The summed E-state index contributed by atoms with van der Waals surface area (Å²) < 4.78 is 5.11. The molecule has 1 fully saturated rings. The number of carbonyl (C=O) groups is 2. The largest absolute Gasteiger partial charge is 0.467 e. The lowest BCUT2D eigenvalue weighted by molar-refractivity contribution is -0.126. The molecule has 2 N–H and O–H groups in total. The predicted molar refractivity (Wildman–Crippen MR) is 87.6 cm³/mol. The van der Waals surface area contributed by atoms with Crippen LogP contribution in [0.25, 0.3) is 0 Å². The number of rotatable bonds is 8. The van der Waals surface area contributed by atoms with Gasteiger partial charge >= 0.3 is 6.01 Å². The lowest BCUT2D eigenvalue weighted by atomic mass is 10.3. The van der Waals surface area contributed by atoms with Crippen molar-refractivity contribution >= 4 is 17.8 Å². The summed E-state index contributed by atoms with van der Waals surface area (Å²) in [6, 6.07) is 0.229. The molecule has 9 heteroatoms. The van der Waals surface area contributed by atoms with Gasteiger partial charge in [-0.15, -0.1) is 0 Å². The van der Waals surface area contributed by atoms with Crippen molar-refractivity contribution in [1.82, 2.24) is 25.6 Å². The maximum atomic E-state index is 11.8. The molecule has 0 unspecified atom stereocenters. The standard InChI is InChI=1S/C15H24N6O3/c1-3-6-12(22)17-10-13(23)16-9-11-18-14(20-15(19-11)24-2)21-7-4-5-8-21/h3-10H2,1-2H3,(H,16,23)(H,17,22). The number of nitrogens with one attached hydrogen (secondary N) is 2. The van der Waals surface area contributed by atoms with E-state index < -0.39 is 0 Å². The minimum absolute atomic E-state index is 0.0555. The van der Waals surface area contributed by atoms with Gasteiger partial charge in [-0.05, 0) is 19.3 Å². The molecule has 0 radical (unpaired) electrons. The molecule has 0 saturated carbocycles. The zero-order chi connectivity index (χ0) is 17.4. The Hall–Kier alpha value is -2.45. The van der Waals surface area contributed by atoms with Gasteiger partial charge in [0.15, 0.2) is 5.82 Å². The van der Waals surface area contributed by atoms with Crippen LogP contribution in [0.5, 0.6) is 6.01 Å². The van der Waals surface area contributed by atoms with Crippen LogP contribution in [0.2, 0.25) is 0 Å². The van der Waals surface area contributed by atoms with E-state index in [-0.39, 0.29) is 30.9 Å². The minimum Gasteiger partial charge on any atom is -0.467 e. The number of hydrogen-bond acceptors (Lipinski definition) is 7. The Morgan fingerprint density at radius 1 is 1.12 bits per heavy atom. The van der Waals surface area contributed by atoms with E-state index in [1.807, 2.05) is 6.92 Å². The molecular weight excluding hydrogens is 312 g/mol. The normalized spacial score (nSPS) is 13.7. The van der Waals surface area contributed by atoms with Gasteiger partial charge in [-0.1, -0.05) is 6.92 Å². The van der Waals surface area contributed by atoms with E-state index >= 15 is 0 Å². The Kier molecular flexibility index (Phi) is 6.71. The molecular formula is C15H24N6O3. The van der Waals surface area contributed by atoms with Gasteiger partial charge in [-0.25, -0.2) is 0 Å². The zero-order valence-electron chi connectivity index (χ0n) is 14.2.